The van der Waals surface area contributed by atoms with Gasteiger partial charge in [-0.3, -0.25) is 9.59 Å². The zero-order valence-corrected chi connectivity index (χ0v) is 20.7. The Morgan fingerprint density at radius 3 is 2.16 bits per heavy atom. The molecule has 0 unspecified atom stereocenters. The van der Waals surface area contributed by atoms with Gasteiger partial charge in [0.15, 0.2) is 0 Å². The molecule has 0 atom stereocenters. The lowest BCUT2D eigenvalue weighted by Gasteiger charge is -2.36. The first-order valence-electron chi connectivity index (χ1n) is 10.1. The van der Waals surface area contributed by atoms with Crippen molar-refractivity contribution in [2.24, 2.45) is 0 Å². The van der Waals surface area contributed by atoms with Gasteiger partial charge in [0.25, 0.3) is 11.8 Å². The predicted octanol–water partition coefficient (Wildman–Crippen LogP) is 5.81. The Balaban J connectivity index is 1.35. The van der Waals surface area contributed by atoms with Crippen molar-refractivity contribution in [3.63, 3.8) is 0 Å². The summed E-state index contributed by atoms with van der Waals surface area (Å²) in [5, 5.41) is 3.93. The summed E-state index contributed by atoms with van der Waals surface area (Å²) >= 11 is 14.2. The minimum atomic E-state index is -0.240. The van der Waals surface area contributed by atoms with E-state index in [1.54, 1.807) is 36.4 Å². The first-order valence-corrected chi connectivity index (χ1v) is 11.9. The highest BCUT2D eigenvalue weighted by atomic mass is 127. The molecule has 0 spiro atoms. The Labute approximate surface area is 210 Å². The van der Waals surface area contributed by atoms with Gasteiger partial charge in [0.2, 0.25) is 0 Å². The minimum absolute atomic E-state index is 0.0219. The molecule has 1 aliphatic rings. The third kappa shape index (κ3) is 5.36. The Bertz CT molecular complexity index is 1130. The quantitative estimate of drug-likeness (QED) is 0.397. The van der Waals surface area contributed by atoms with Crippen molar-refractivity contribution in [2.45, 2.75) is 0 Å². The van der Waals surface area contributed by atoms with Gasteiger partial charge in [-0.1, -0.05) is 23.2 Å². The summed E-state index contributed by atoms with van der Waals surface area (Å²) in [6.07, 6.45) is 0. The lowest BCUT2D eigenvalue weighted by atomic mass is 10.1. The van der Waals surface area contributed by atoms with E-state index in [0.717, 1.165) is 22.3 Å². The molecular formula is C24H20Cl2IN3O2. The normalized spacial score (nSPS) is 13.7. The molecule has 3 aromatic rings. The Kier molecular flexibility index (Phi) is 7.23. The Hall–Kier alpha value is -2.29. The third-order valence-corrected chi connectivity index (χ3v) is 6.57. The summed E-state index contributed by atoms with van der Waals surface area (Å²) in [4.78, 5) is 29.3. The van der Waals surface area contributed by atoms with Gasteiger partial charge in [0.05, 0.1) is 10.6 Å². The van der Waals surface area contributed by atoms with Gasteiger partial charge in [-0.2, -0.15) is 0 Å². The van der Waals surface area contributed by atoms with Crippen molar-refractivity contribution in [3.05, 3.63) is 91.5 Å². The second kappa shape index (κ2) is 10.1. The molecule has 1 fully saturated rings. The van der Waals surface area contributed by atoms with Crippen LogP contribution in [0.4, 0.5) is 11.4 Å². The fraction of sp³-hybridized carbons (Fsp3) is 0.167. The summed E-state index contributed by atoms with van der Waals surface area (Å²) in [5.74, 6) is -0.218. The van der Waals surface area contributed by atoms with E-state index in [1.165, 1.54) is 0 Å². The lowest BCUT2D eigenvalue weighted by molar-refractivity contribution is 0.0746. The van der Waals surface area contributed by atoms with Crippen molar-refractivity contribution in [3.8, 4) is 0 Å². The second-order valence-corrected chi connectivity index (χ2v) is 9.50. The summed E-state index contributed by atoms with van der Waals surface area (Å²) in [7, 11) is 0. The standard InChI is InChI=1S/C24H20Cl2IN3O2/c25-17-3-1-16(2-4-17)24(32)30-13-11-29(12-14-30)20-8-6-19(7-9-20)28-23(31)21-15-18(27)5-10-22(21)26/h1-10,15H,11-14H2,(H,28,31). The number of amides is 2. The van der Waals surface area contributed by atoms with Crippen LogP contribution in [0.1, 0.15) is 20.7 Å². The van der Waals surface area contributed by atoms with Crippen LogP contribution in [0.25, 0.3) is 0 Å². The number of nitrogens with zero attached hydrogens (tertiary/aromatic N) is 2. The maximum Gasteiger partial charge on any atom is 0.257 e. The third-order valence-electron chi connectivity index (χ3n) is 5.32. The van der Waals surface area contributed by atoms with Crippen molar-refractivity contribution >= 4 is 69.0 Å². The molecule has 1 saturated heterocycles. The van der Waals surface area contributed by atoms with E-state index in [1.807, 2.05) is 35.2 Å². The molecule has 0 aromatic heterocycles. The topological polar surface area (TPSA) is 52.7 Å². The van der Waals surface area contributed by atoms with E-state index < -0.39 is 0 Å². The average molecular weight is 580 g/mol. The van der Waals surface area contributed by atoms with Crippen LogP contribution in [0.3, 0.4) is 0 Å². The molecular weight excluding hydrogens is 560 g/mol. The van der Waals surface area contributed by atoms with E-state index in [-0.39, 0.29) is 11.8 Å². The highest BCUT2D eigenvalue weighted by molar-refractivity contribution is 14.1. The zero-order valence-electron chi connectivity index (χ0n) is 17.0. The van der Waals surface area contributed by atoms with Gasteiger partial charge < -0.3 is 15.1 Å². The largest absolute Gasteiger partial charge is 0.368 e. The molecule has 0 aliphatic carbocycles. The number of hydrogen-bond donors (Lipinski definition) is 1. The Morgan fingerprint density at radius 2 is 1.50 bits per heavy atom. The van der Waals surface area contributed by atoms with Crippen molar-refractivity contribution in [1.29, 1.82) is 0 Å². The summed E-state index contributed by atoms with van der Waals surface area (Å²) in [6.45, 7) is 2.77. The van der Waals surface area contributed by atoms with Crippen LogP contribution in [0.5, 0.6) is 0 Å². The van der Waals surface area contributed by atoms with E-state index in [0.29, 0.717) is 39.9 Å². The predicted molar refractivity (Wildman–Crippen MR) is 138 cm³/mol. The van der Waals surface area contributed by atoms with Gasteiger partial charge in [-0.25, -0.2) is 0 Å². The molecule has 1 aliphatic heterocycles. The first-order chi connectivity index (χ1) is 15.4. The minimum Gasteiger partial charge on any atom is -0.368 e. The summed E-state index contributed by atoms with van der Waals surface area (Å²) in [6, 6.07) is 20.0. The number of carbonyl (C=O) groups excluding carboxylic acids is 2. The maximum absolute atomic E-state index is 12.7. The van der Waals surface area contributed by atoms with Crippen LogP contribution in [0.2, 0.25) is 10.0 Å². The number of nitrogens with one attached hydrogen (secondary N) is 1. The van der Waals surface area contributed by atoms with Crippen molar-refractivity contribution < 1.29 is 9.59 Å². The number of rotatable bonds is 4. The van der Waals surface area contributed by atoms with Crippen LogP contribution >= 0.6 is 45.8 Å². The SMILES string of the molecule is O=C(Nc1ccc(N2CCN(C(=O)c3ccc(Cl)cc3)CC2)cc1)c1cc(I)ccc1Cl. The van der Waals surface area contributed by atoms with Gasteiger partial charge in [-0.15, -0.1) is 0 Å². The monoisotopic (exact) mass is 579 g/mol. The molecule has 5 nitrogen and oxygen atoms in total. The van der Waals surface area contributed by atoms with Gasteiger partial charge in [-0.05, 0) is 89.3 Å². The smallest absolute Gasteiger partial charge is 0.257 e. The van der Waals surface area contributed by atoms with Crippen LogP contribution in [0, 0.1) is 3.57 Å². The number of hydrogen-bond acceptors (Lipinski definition) is 3. The van der Waals surface area contributed by atoms with Gasteiger partial charge in [0.1, 0.15) is 0 Å². The molecule has 0 saturated carbocycles. The van der Waals surface area contributed by atoms with Gasteiger partial charge >= 0.3 is 0 Å². The average Bonchev–Trinajstić information content (AvgIpc) is 2.81. The van der Waals surface area contributed by atoms with Crippen LogP contribution in [0.15, 0.2) is 66.7 Å². The molecule has 4 rings (SSSR count). The Morgan fingerprint density at radius 1 is 0.844 bits per heavy atom. The molecule has 8 heteroatoms. The van der Waals surface area contributed by atoms with Crippen molar-refractivity contribution in [2.75, 3.05) is 36.4 Å². The summed E-state index contributed by atoms with van der Waals surface area (Å²) < 4.78 is 0.946. The fourth-order valence-electron chi connectivity index (χ4n) is 3.57. The van der Waals surface area contributed by atoms with Crippen LogP contribution in [-0.4, -0.2) is 42.9 Å². The molecule has 0 radical (unpaired) electrons. The second-order valence-electron chi connectivity index (χ2n) is 7.41. The van der Waals surface area contributed by atoms with E-state index in [4.69, 9.17) is 23.2 Å². The molecule has 1 heterocycles. The maximum atomic E-state index is 12.7. The molecule has 0 bridgehead atoms. The number of carbonyl (C=O) groups is 2. The van der Waals surface area contributed by atoms with Crippen LogP contribution in [-0.2, 0) is 0 Å². The highest BCUT2D eigenvalue weighted by Gasteiger charge is 2.22. The number of anilines is 2. The molecule has 2 amide bonds. The lowest BCUT2D eigenvalue weighted by Crippen LogP contribution is -2.48. The van der Waals surface area contributed by atoms with Crippen molar-refractivity contribution in [1.82, 2.24) is 4.90 Å². The van der Waals surface area contributed by atoms with E-state index in [2.05, 4.69) is 32.8 Å². The fourth-order valence-corrected chi connectivity index (χ4v) is 4.39. The highest BCUT2D eigenvalue weighted by Crippen LogP contribution is 2.23. The first kappa shape index (κ1) is 22.9. The number of halogens is 3. The molecule has 3 aromatic carbocycles. The summed E-state index contributed by atoms with van der Waals surface area (Å²) in [5.41, 5.74) is 2.85. The van der Waals surface area contributed by atoms with Gasteiger partial charge in [0, 0.05) is 51.7 Å². The van der Waals surface area contributed by atoms with E-state index >= 15 is 0 Å². The van der Waals surface area contributed by atoms with E-state index in [9.17, 15) is 9.59 Å². The van der Waals surface area contributed by atoms with Crippen LogP contribution < -0.4 is 10.2 Å². The molecule has 1 N–H and O–H groups in total. The molecule has 164 valence electrons. The zero-order chi connectivity index (χ0) is 22.7. The number of benzene rings is 3. The number of piperazine rings is 1. The molecule has 32 heavy (non-hydrogen) atoms.